The van der Waals surface area contributed by atoms with Crippen LogP contribution in [0.25, 0.3) is 0 Å². The van der Waals surface area contributed by atoms with Gasteiger partial charge < -0.3 is 0 Å². The topological polar surface area (TPSA) is 0 Å². The summed E-state index contributed by atoms with van der Waals surface area (Å²) in [5.74, 6) is 0.606. The second-order valence-corrected chi connectivity index (χ2v) is 3.57. The summed E-state index contributed by atoms with van der Waals surface area (Å²) in [4.78, 5) is 0. The predicted molar refractivity (Wildman–Crippen MR) is 52.4 cm³/mol. The minimum atomic E-state index is 0.606. The van der Waals surface area contributed by atoms with Crippen molar-refractivity contribution in [3.8, 4) is 0 Å². The van der Waals surface area contributed by atoms with Crippen molar-refractivity contribution in [3.05, 3.63) is 47.0 Å². The quantitative estimate of drug-likeness (QED) is 0.508. The number of aryl methyl sites for hydroxylation is 1. The van der Waals surface area contributed by atoms with Crippen LogP contribution in [-0.2, 0) is 6.42 Å². The van der Waals surface area contributed by atoms with E-state index in [-0.39, 0.29) is 0 Å². The van der Waals surface area contributed by atoms with Gasteiger partial charge in [-0.1, -0.05) is 37.3 Å². The minimum Gasteiger partial charge on any atom is -0.0835 e. The first-order chi connectivity index (χ1) is 5.79. The molecule has 0 nitrogen and oxygen atoms in total. The number of fused-ring (bicyclic) bond motifs is 1. The van der Waals surface area contributed by atoms with Crippen LogP contribution in [-0.4, -0.2) is 0 Å². The molecule has 0 fully saturated rings. The van der Waals surface area contributed by atoms with Gasteiger partial charge in [-0.05, 0) is 36.0 Å². The molecular formula is C12H14. The standard InChI is InChI=1S/C12H14/c1-9-5-3-7-11-8-4-6-10(2)12(9)11/h3-7,10H,8H2,1-2H3. The molecule has 1 aromatic carbocycles. The van der Waals surface area contributed by atoms with E-state index < -0.39 is 0 Å². The summed E-state index contributed by atoms with van der Waals surface area (Å²) in [6.45, 7) is 4.47. The lowest BCUT2D eigenvalue weighted by Crippen LogP contribution is -2.03. The van der Waals surface area contributed by atoms with E-state index in [1.165, 1.54) is 11.1 Å². The summed E-state index contributed by atoms with van der Waals surface area (Å²) >= 11 is 0. The SMILES string of the molecule is Cc1cccc2c1C(C)C=CC2. The highest BCUT2D eigenvalue weighted by atomic mass is 14.2. The molecule has 1 aromatic rings. The van der Waals surface area contributed by atoms with Crippen molar-refractivity contribution < 1.29 is 0 Å². The number of rotatable bonds is 0. The Balaban J connectivity index is 2.58. The highest BCUT2D eigenvalue weighted by molar-refractivity contribution is 5.42. The van der Waals surface area contributed by atoms with Gasteiger partial charge in [-0.25, -0.2) is 0 Å². The largest absolute Gasteiger partial charge is 0.0835 e. The monoisotopic (exact) mass is 158 g/mol. The average molecular weight is 158 g/mol. The Labute approximate surface area is 73.9 Å². The first-order valence-electron chi connectivity index (χ1n) is 4.54. The lowest BCUT2D eigenvalue weighted by atomic mass is 9.86. The van der Waals surface area contributed by atoms with Gasteiger partial charge in [0.25, 0.3) is 0 Å². The predicted octanol–water partition coefficient (Wildman–Crippen LogP) is 3.21. The first-order valence-corrected chi connectivity index (χ1v) is 4.54. The van der Waals surface area contributed by atoms with Crippen LogP contribution in [0.5, 0.6) is 0 Å². The van der Waals surface area contributed by atoms with Crippen molar-refractivity contribution in [2.75, 3.05) is 0 Å². The van der Waals surface area contributed by atoms with Gasteiger partial charge in [0.05, 0.1) is 0 Å². The molecule has 0 heterocycles. The van der Waals surface area contributed by atoms with Gasteiger partial charge in [-0.3, -0.25) is 0 Å². The zero-order chi connectivity index (χ0) is 8.55. The molecule has 0 radical (unpaired) electrons. The van der Waals surface area contributed by atoms with Gasteiger partial charge in [-0.15, -0.1) is 0 Å². The molecule has 0 spiro atoms. The van der Waals surface area contributed by atoms with Crippen LogP contribution >= 0.6 is 0 Å². The van der Waals surface area contributed by atoms with Crippen molar-refractivity contribution in [1.29, 1.82) is 0 Å². The third-order valence-corrected chi connectivity index (χ3v) is 2.63. The molecule has 12 heavy (non-hydrogen) atoms. The van der Waals surface area contributed by atoms with Crippen LogP contribution in [0.1, 0.15) is 29.5 Å². The van der Waals surface area contributed by atoms with Crippen LogP contribution in [0, 0.1) is 6.92 Å². The van der Waals surface area contributed by atoms with E-state index in [1.807, 2.05) is 0 Å². The van der Waals surface area contributed by atoms with Gasteiger partial charge >= 0.3 is 0 Å². The number of hydrogen-bond acceptors (Lipinski definition) is 0. The highest BCUT2D eigenvalue weighted by Gasteiger charge is 2.12. The molecule has 1 aliphatic carbocycles. The highest BCUT2D eigenvalue weighted by Crippen LogP contribution is 2.28. The molecule has 0 aliphatic heterocycles. The molecule has 62 valence electrons. The normalized spacial score (nSPS) is 20.7. The molecule has 0 bridgehead atoms. The lowest BCUT2D eigenvalue weighted by molar-refractivity contribution is 0.895. The van der Waals surface area contributed by atoms with Gasteiger partial charge in [0, 0.05) is 0 Å². The van der Waals surface area contributed by atoms with Crippen molar-refractivity contribution in [2.45, 2.75) is 26.2 Å². The minimum absolute atomic E-state index is 0.606. The van der Waals surface area contributed by atoms with Crippen LogP contribution in [0.15, 0.2) is 30.4 Å². The van der Waals surface area contributed by atoms with Crippen LogP contribution in [0.3, 0.4) is 0 Å². The molecule has 0 heteroatoms. The van der Waals surface area contributed by atoms with E-state index >= 15 is 0 Å². The number of hydrogen-bond donors (Lipinski definition) is 0. The van der Waals surface area contributed by atoms with Crippen molar-refractivity contribution in [1.82, 2.24) is 0 Å². The Morgan fingerprint density at radius 2 is 2.17 bits per heavy atom. The van der Waals surface area contributed by atoms with Gasteiger partial charge in [0.15, 0.2) is 0 Å². The molecule has 0 saturated heterocycles. The Morgan fingerprint density at radius 1 is 1.33 bits per heavy atom. The fourth-order valence-electron chi connectivity index (χ4n) is 2.07. The Hall–Kier alpha value is -1.04. The first kappa shape index (κ1) is 7.60. The zero-order valence-electron chi connectivity index (χ0n) is 7.67. The molecule has 0 N–H and O–H groups in total. The lowest BCUT2D eigenvalue weighted by Gasteiger charge is -2.19. The molecular weight excluding hydrogens is 144 g/mol. The fraction of sp³-hybridized carbons (Fsp3) is 0.333. The Morgan fingerprint density at radius 3 is 2.92 bits per heavy atom. The van der Waals surface area contributed by atoms with Crippen LogP contribution in [0.4, 0.5) is 0 Å². The van der Waals surface area contributed by atoms with E-state index in [0.29, 0.717) is 5.92 Å². The van der Waals surface area contributed by atoms with Gasteiger partial charge in [-0.2, -0.15) is 0 Å². The number of allylic oxidation sites excluding steroid dienone is 2. The van der Waals surface area contributed by atoms with Crippen LogP contribution in [0.2, 0.25) is 0 Å². The maximum atomic E-state index is 2.30. The molecule has 1 aliphatic rings. The average Bonchev–Trinajstić information content (AvgIpc) is 2.04. The smallest absolute Gasteiger partial charge is 0.000486 e. The summed E-state index contributed by atoms with van der Waals surface area (Å²) in [6, 6.07) is 6.59. The molecule has 0 saturated carbocycles. The third-order valence-electron chi connectivity index (χ3n) is 2.63. The maximum absolute atomic E-state index is 2.30. The summed E-state index contributed by atoms with van der Waals surface area (Å²) in [5.41, 5.74) is 4.48. The third kappa shape index (κ3) is 1.08. The Bertz CT molecular complexity index is 321. The van der Waals surface area contributed by atoms with Crippen molar-refractivity contribution >= 4 is 0 Å². The van der Waals surface area contributed by atoms with E-state index in [9.17, 15) is 0 Å². The van der Waals surface area contributed by atoms with Crippen molar-refractivity contribution in [2.24, 2.45) is 0 Å². The van der Waals surface area contributed by atoms with E-state index in [1.54, 1.807) is 5.56 Å². The molecule has 1 unspecified atom stereocenters. The van der Waals surface area contributed by atoms with E-state index in [4.69, 9.17) is 0 Å². The van der Waals surface area contributed by atoms with E-state index in [2.05, 4.69) is 44.2 Å². The summed E-state index contributed by atoms with van der Waals surface area (Å²) in [7, 11) is 0. The summed E-state index contributed by atoms with van der Waals surface area (Å²) in [5, 5.41) is 0. The van der Waals surface area contributed by atoms with E-state index in [0.717, 1.165) is 6.42 Å². The molecule has 2 rings (SSSR count). The zero-order valence-corrected chi connectivity index (χ0v) is 7.67. The van der Waals surface area contributed by atoms with Gasteiger partial charge in [0.2, 0.25) is 0 Å². The second kappa shape index (κ2) is 2.78. The van der Waals surface area contributed by atoms with Crippen molar-refractivity contribution in [3.63, 3.8) is 0 Å². The Kier molecular flexibility index (Phi) is 1.76. The fourth-order valence-corrected chi connectivity index (χ4v) is 2.07. The van der Waals surface area contributed by atoms with Crippen LogP contribution < -0.4 is 0 Å². The van der Waals surface area contributed by atoms with Gasteiger partial charge in [0.1, 0.15) is 0 Å². The molecule has 0 amide bonds. The molecule has 0 aromatic heterocycles. The maximum Gasteiger partial charge on any atom is -0.000486 e. The summed E-state index contributed by atoms with van der Waals surface area (Å²) < 4.78 is 0. The molecule has 1 atom stereocenters. The number of benzene rings is 1. The summed E-state index contributed by atoms with van der Waals surface area (Å²) in [6.07, 6.45) is 5.68. The second-order valence-electron chi connectivity index (χ2n) is 3.57.